The molecule has 0 spiro atoms. The first-order valence-electron chi connectivity index (χ1n) is 6.89. The van der Waals surface area contributed by atoms with Gasteiger partial charge in [0.2, 0.25) is 5.82 Å². The highest BCUT2D eigenvalue weighted by molar-refractivity contribution is 5.90. The minimum atomic E-state index is -0.228. The van der Waals surface area contributed by atoms with Gasteiger partial charge in [-0.15, -0.1) is 0 Å². The van der Waals surface area contributed by atoms with Crippen molar-refractivity contribution in [2.24, 2.45) is 0 Å². The summed E-state index contributed by atoms with van der Waals surface area (Å²) in [5.41, 5.74) is 0.483. The van der Waals surface area contributed by atoms with Crippen LogP contribution in [0.1, 0.15) is 17.6 Å². The Bertz CT molecular complexity index is 606. The number of amides is 1. The molecule has 1 amide bonds. The van der Waals surface area contributed by atoms with E-state index < -0.39 is 0 Å². The maximum atomic E-state index is 12.3. The zero-order chi connectivity index (χ0) is 14.7. The van der Waals surface area contributed by atoms with Crippen molar-refractivity contribution < 1.29 is 9.32 Å². The normalized spacial score (nSPS) is 16.1. The number of nitrogens with zero attached hydrogens (tertiary/aromatic N) is 6. The van der Waals surface area contributed by atoms with E-state index >= 15 is 0 Å². The van der Waals surface area contributed by atoms with Crippen LogP contribution in [-0.4, -0.2) is 68.5 Å². The quantitative estimate of drug-likeness (QED) is 0.802. The van der Waals surface area contributed by atoms with Crippen molar-refractivity contribution in [2.75, 3.05) is 32.7 Å². The van der Waals surface area contributed by atoms with Crippen molar-refractivity contribution in [1.29, 1.82) is 0 Å². The molecule has 3 rings (SSSR count). The minimum absolute atomic E-state index is 0.000557. The molecular formula is C13H16N6O2. The van der Waals surface area contributed by atoms with Gasteiger partial charge < -0.3 is 14.3 Å². The topological polar surface area (TPSA) is 88.2 Å². The maximum Gasteiger partial charge on any atom is 0.316 e. The lowest BCUT2D eigenvalue weighted by molar-refractivity contribution is 0.0595. The Labute approximate surface area is 121 Å². The van der Waals surface area contributed by atoms with Crippen molar-refractivity contribution in [2.45, 2.75) is 6.92 Å². The van der Waals surface area contributed by atoms with Crippen molar-refractivity contribution in [1.82, 2.24) is 29.9 Å². The lowest BCUT2D eigenvalue weighted by Crippen LogP contribution is -2.48. The molecule has 0 radical (unpaired) electrons. The first-order chi connectivity index (χ1) is 10.3. The number of carbonyl (C=O) groups excluding carboxylic acids is 1. The van der Waals surface area contributed by atoms with E-state index in [9.17, 15) is 4.79 Å². The van der Waals surface area contributed by atoms with Gasteiger partial charge in [0.15, 0.2) is 0 Å². The first kappa shape index (κ1) is 13.6. The number of rotatable bonds is 3. The van der Waals surface area contributed by atoms with Crippen molar-refractivity contribution in [3.05, 3.63) is 24.5 Å². The van der Waals surface area contributed by atoms with Crippen LogP contribution in [0.4, 0.5) is 0 Å². The molecule has 8 heteroatoms. The Morgan fingerprint density at radius 2 is 2.10 bits per heavy atom. The summed E-state index contributed by atoms with van der Waals surface area (Å²) in [6.45, 7) is 6.20. The summed E-state index contributed by atoms with van der Waals surface area (Å²) in [5, 5.41) is 3.79. The van der Waals surface area contributed by atoms with Crippen LogP contribution >= 0.6 is 0 Å². The summed E-state index contributed by atoms with van der Waals surface area (Å²) >= 11 is 0. The molecule has 110 valence electrons. The van der Waals surface area contributed by atoms with Gasteiger partial charge in [-0.2, -0.15) is 4.98 Å². The number of carbonyl (C=O) groups is 1. The van der Waals surface area contributed by atoms with Gasteiger partial charge in [0, 0.05) is 38.6 Å². The average molecular weight is 288 g/mol. The molecule has 1 aliphatic heterocycles. The fraction of sp³-hybridized carbons (Fsp3) is 0.462. The van der Waals surface area contributed by atoms with Crippen LogP contribution in [0.2, 0.25) is 0 Å². The Morgan fingerprint density at radius 1 is 1.29 bits per heavy atom. The van der Waals surface area contributed by atoms with E-state index in [0.717, 1.165) is 19.6 Å². The first-order valence-corrected chi connectivity index (χ1v) is 6.89. The molecule has 1 saturated heterocycles. The van der Waals surface area contributed by atoms with Crippen molar-refractivity contribution in [3.8, 4) is 11.5 Å². The highest BCUT2D eigenvalue weighted by Crippen LogP contribution is 2.13. The molecule has 2 aromatic heterocycles. The molecule has 0 unspecified atom stereocenters. The zero-order valence-corrected chi connectivity index (χ0v) is 11.8. The van der Waals surface area contributed by atoms with Crippen LogP contribution in [0, 0.1) is 0 Å². The summed E-state index contributed by atoms with van der Waals surface area (Å²) in [4.78, 5) is 28.5. The average Bonchev–Trinajstić information content (AvgIpc) is 3.05. The van der Waals surface area contributed by atoms with Gasteiger partial charge in [0.1, 0.15) is 5.69 Å². The predicted octanol–water partition coefficient (Wildman–Crippen LogP) is 0.304. The fourth-order valence-electron chi connectivity index (χ4n) is 2.23. The van der Waals surface area contributed by atoms with Crippen LogP contribution in [0.15, 0.2) is 23.1 Å². The highest BCUT2D eigenvalue weighted by Gasteiger charge is 2.26. The zero-order valence-electron chi connectivity index (χ0n) is 11.8. The third-order valence-electron chi connectivity index (χ3n) is 3.51. The smallest absolute Gasteiger partial charge is 0.316 e. The van der Waals surface area contributed by atoms with E-state index in [1.807, 2.05) is 0 Å². The van der Waals surface area contributed by atoms with E-state index in [2.05, 4.69) is 31.9 Å². The van der Waals surface area contributed by atoms with Gasteiger partial charge >= 0.3 is 11.8 Å². The summed E-state index contributed by atoms with van der Waals surface area (Å²) in [6.07, 6.45) is 4.62. The van der Waals surface area contributed by atoms with Gasteiger partial charge in [-0.25, -0.2) is 4.98 Å². The van der Waals surface area contributed by atoms with Crippen LogP contribution in [-0.2, 0) is 0 Å². The molecule has 3 heterocycles. The van der Waals surface area contributed by atoms with E-state index in [4.69, 9.17) is 4.52 Å². The van der Waals surface area contributed by atoms with Crippen molar-refractivity contribution >= 4 is 5.91 Å². The molecule has 0 aliphatic carbocycles. The Morgan fingerprint density at radius 3 is 2.76 bits per heavy atom. The van der Waals surface area contributed by atoms with Gasteiger partial charge in [-0.05, 0) is 6.54 Å². The molecule has 0 N–H and O–H groups in total. The highest BCUT2D eigenvalue weighted by atomic mass is 16.5. The molecule has 0 aromatic carbocycles. The number of aromatic nitrogens is 4. The van der Waals surface area contributed by atoms with Gasteiger partial charge in [0.25, 0.3) is 0 Å². The van der Waals surface area contributed by atoms with Crippen LogP contribution in [0.25, 0.3) is 11.5 Å². The third kappa shape index (κ3) is 2.89. The molecule has 21 heavy (non-hydrogen) atoms. The molecule has 8 nitrogen and oxygen atoms in total. The van der Waals surface area contributed by atoms with E-state index in [-0.39, 0.29) is 17.6 Å². The van der Waals surface area contributed by atoms with E-state index in [0.29, 0.717) is 18.8 Å². The second-order valence-corrected chi connectivity index (χ2v) is 4.74. The molecule has 0 atom stereocenters. The Balaban J connectivity index is 1.70. The standard InChI is InChI=1S/C13H16N6O2/c1-2-18-5-7-19(8-6-18)13(20)12-16-11(17-21-12)10-9-14-3-4-15-10/h3-4,9H,2,5-8H2,1H3. The monoisotopic (exact) mass is 288 g/mol. The molecule has 1 aliphatic rings. The number of likely N-dealkylation sites (N-methyl/N-ethyl adjacent to an activating group) is 1. The lowest BCUT2D eigenvalue weighted by Gasteiger charge is -2.33. The van der Waals surface area contributed by atoms with Gasteiger partial charge in [-0.3, -0.25) is 9.78 Å². The summed E-state index contributed by atoms with van der Waals surface area (Å²) in [7, 11) is 0. The van der Waals surface area contributed by atoms with E-state index in [1.54, 1.807) is 11.1 Å². The number of hydrogen-bond acceptors (Lipinski definition) is 7. The minimum Gasteiger partial charge on any atom is -0.332 e. The molecule has 1 fully saturated rings. The summed E-state index contributed by atoms with van der Waals surface area (Å²) in [5.74, 6) is 0.0487. The molecular weight excluding hydrogens is 272 g/mol. The third-order valence-corrected chi connectivity index (χ3v) is 3.51. The van der Waals surface area contributed by atoms with E-state index in [1.165, 1.54) is 12.4 Å². The van der Waals surface area contributed by atoms with Crippen LogP contribution in [0.5, 0.6) is 0 Å². The molecule has 0 saturated carbocycles. The second-order valence-electron chi connectivity index (χ2n) is 4.74. The largest absolute Gasteiger partial charge is 0.332 e. The Hall–Kier alpha value is -2.35. The van der Waals surface area contributed by atoms with Gasteiger partial charge in [-0.1, -0.05) is 12.1 Å². The number of piperazine rings is 1. The lowest BCUT2D eigenvalue weighted by atomic mass is 10.3. The second kappa shape index (κ2) is 5.96. The van der Waals surface area contributed by atoms with Crippen LogP contribution in [0.3, 0.4) is 0 Å². The fourth-order valence-corrected chi connectivity index (χ4v) is 2.23. The maximum absolute atomic E-state index is 12.3. The predicted molar refractivity (Wildman–Crippen MR) is 73.3 cm³/mol. The summed E-state index contributed by atoms with van der Waals surface area (Å²) in [6, 6.07) is 0. The SMILES string of the molecule is CCN1CCN(C(=O)c2nc(-c3cnccn3)no2)CC1. The Kier molecular flexibility index (Phi) is 3.87. The number of hydrogen-bond donors (Lipinski definition) is 0. The molecule has 2 aromatic rings. The molecule has 0 bridgehead atoms. The van der Waals surface area contributed by atoms with Crippen molar-refractivity contribution in [3.63, 3.8) is 0 Å². The summed E-state index contributed by atoms with van der Waals surface area (Å²) < 4.78 is 5.05. The van der Waals surface area contributed by atoms with Gasteiger partial charge in [0.05, 0.1) is 6.20 Å². The van der Waals surface area contributed by atoms with Crippen LogP contribution < -0.4 is 0 Å².